The molecule has 0 radical (unpaired) electrons. The van der Waals surface area contributed by atoms with E-state index in [1.54, 1.807) is 0 Å². The van der Waals surface area contributed by atoms with E-state index in [0.717, 1.165) is 37.7 Å². The van der Waals surface area contributed by atoms with Gasteiger partial charge in [-0.15, -0.1) is 10.2 Å². The van der Waals surface area contributed by atoms with Crippen molar-refractivity contribution in [3.63, 3.8) is 0 Å². The van der Waals surface area contributed by atoms with E-state index in [4.69, 9.17) is 20.8 Å². The fourth-order valence-corrected chi connectivity index (χ4v) is 4.81. The van der Waals surface area contributed by atoms with Crippen molar-refractivity contribution >= 4 is 11.6 Å². The van der Waals surface area contributed by atoms with Gasteiger partial charge < -0.3 is 9.15 Å². The highest BCUT2D eigenvalue weighted by atomic mass is 35.5. The zero-order valence-corrected chi connectivity index (χ0v) is 18.3. The van der Waals surface area contributed by atoms with E-state index in [2.05, 4.69) is 40.8 Å². The maximum atomic E-state index is 6.08. The molecule has 3 unspecified atom stereocenters. The van der Waals surface area contributed by atoms with Crippen LogP contribution in [0.5, 0.6) is 0 Å². The molecule has 3 heterocycles. The van der Waals surface area contributed by atoms with E-state index in [-0.39, 0.29) is 6.04 Å². The lowest BCUT2D eigenvalue weighted by Crippen LogP contribution is -2.48. The SMILES string of the molecule is CC1CN(CC2CCN(C(C)c3nnc(-c4cccc(Cl)c4)o3)CC2)CC(C)O1. The molecule has 0 spiro atoms. The Morgan fingerprint density at radius 1 is 1.14 bits per heavy atom. The minimum absolute atomic E-state index is 0.125. The predicted molar refractivity (Wildman–Crippen MR) is 114 cm³/mol. The summed E-state index contributed by atoms with van der Waals surface area (Å²) >= 11 is 6.08. The lowest BCUT2D eigenvalue weighted by atomic mass is 9.94. The van der Waals surface area contributed by atoms with Gasteiger partial charge in [0.05, 0.1) is 18.2 Å². The first kappa shape index (κ1) is 20.8. The molecule has 158 valence electrons. The predicted octanol–water partition coefficient (Wildman–Crippen LogP) is 4.27. The molecule has 1 aromatic carbocycles. The first-order valence-corrected chi connectivity index (χ1v) is 11.1. The Morgan fingerprint density at radius 2 is 1.86 bits per heavy atom. The minimum atomic E-state index is 0.125. The number of benzene rings is 1. The number of halogens is 1. The van der Waals surface area contributed by atoms with E-state index in [0.29, 0.717) is 29.0 Å². The van der Waals surface area contributed by atoms with Gasteiger partial charge in [0.15, 0.2) is 0 Å². The normalized spacial score (nSPS) is 25.9. The van der Waals surface area contributed by atoms with Crippen LogP contribution in [-0.2, 0) is 4.74 Å². The third-order valence-electron chi connectivity index (χ3n) is 6.08. The van der Waals surface area contributed by atoms with Crippen LogP contribution in [0.2, 0.25) is 5.02 Å². The highest BCUT2D eigenvalue weighted by Crippen LogP contribution is 2.29. The number of morpholine rings is 1. The number of piperidine rings is 1. The Kier molecular flexibility index (Phi) is 6.54. The molecule has 0 N–H and O–H groups in total. The number of nitrogens with zero attached hydrogens (tertiary/aromatic N) is 4. The summed E-state index contributed by atoms with van der Waals surface area (Å²) in [5.74, 6) is 1.95. The molecule has 4 rings (SSSR count). The highest BCUT2D eigenvalue weighted by Gasteiger charge is 2.29. The average Bonchev–Trinajstić information content (AvgIpc) is 3.17. The van der Waals surface area contributed by atoms with Gasteiger partial charge in [0, 0.05) is 30.2 Å². The molecule has 6 nitrogen and oxygen atoms in total. The second-order valence-corrected chi connectivity index (χ2v) is 9.02. The van der Waals surface area contributed by atoms with E-state index in [1.165, 1.54) is 19.4 Å². The third kappa shape index (κ3) is 5.18. The second-order valence-electron chi connectivity index (χ2n) is 8.59. The van der Waals surface area contributed by atoms with Crippen LogP contribution >= 0.6 is 11.6 Å². The topological polar surface area (TPSA) is 54.6 Å². The van der Waals surface area contributed by atoms with Gasteiger partial charge in [0.25, 0.3) is 0 Å². The van der Waals surface area contributed by atoms with Crippen LogP contribution < -0.4 is 0 Å². The summed E-state index contributed by atoms with van der Waals surface area (Å²) in [6.07, 6.45) is 3.09. The highest BCUT2D eigenvalue weighted by molar-refractivity contribution is 6.30. The van der Waals surface area contributed by atoms with E-state index in [9.17, 15) is 0 Å². The maximum absolute atomic E-state index is 6.08. The second kappa shape index (κ2) is 9.13. The molecular weight excluding hydrogens is 388 g/mol. The lowest BCUT2D eigenvalue weighted by Gasteiger charge is -2.40. The molecule has 3 atom stereocenters. The standard InChI is InChI=1S/C22H31ClN4O2/c1-15-12-26(13-16(2)28-15)14-18-7-9-27(10-8-18)17(3)21-24-25-22(29-21)19-5-4-6-20(23)11-19/h4-6,11,15-18H,7-10,12-14H2,1-3H3. The molecule has 2 aliphatic heterocycles. The van der Waals surface area contributed by atoms with Gasteiger partial charge in [-0.05, 0) is 70.8 Å². The van der Waals surface area contributed by atoms with Gasteiger partial charge in [-0.25, -0.2) is 0 Å². The van der Waals surface area contributed by atoms with Gasteiger partial charge in [-0.2, -0.15) is 0 Å². The fourth-order valence-electron chi connectivity index (χ4n) is 4.62. The van der Waals surface area contributed by atoms with Gasteiger partial charge in [-0.3, -0.25) is 9.80 Å². The molecule has 1 aromatic heterocycles. The molecule has 2 aromatic rings. The van der Waals surface area contributed by atoms with Crippen molar-refractivity contribution in [1.29, 1.82) is 0 Å². The molecule has 0 saturated carbocycles. The summed E-state index contributed by atoms with van der Waals surface area (Å²) in [5.41, 5.74) is 0.858. The zero-order valence-electron chi connectivity index (χ0n) is 17.6. The van der Waals surface area contributed by atoms with Crippen molar-refractivity contribution in [1.82, 2.24) is 20.0 Å². The van der Waals surface area contributed by atoms with E-state index >= 15 is 0 Å². The van der Waals surface area contributed by atoms with Crippen molar-refractivity contribution in [3.05, 3.63) is 35.2 Å². The maximum Gasteiger partial charge on any atom is 0.247 e. The Balaban J connectivity index is 1.31. The number of aromatic nitrogens is 2. The molecule has 2 aliphatic rings. The summed E-state index contributed by atoms with van der Waals surface area (Å²) < 4.78 is 11.8. The Hall–Kier alpha value is -1.47. The monoisotopic (exact) mass is 418 g/mol. The van der Waals surface area contributed by atoms with Gasteiger partial charge in [-0.1, -0.05) is 17.7 Å². The minimum Gasteiger partial charge on any atom is -0.419 e. The summed E-state index contributed by atoms with van der Waals surface area (Å²) in [5, 5.41) is 9.20. The van der Waals surface area contributed by atoms with Crippen molar-refractivity contribution in [2.75, 3.05) is 32.7 Å². The van der Waals surface area contributed by atoms with Crippen molar-refractivity contribution in [3.8, 4) is 11.5 Å². The first-order chi connectivity index (χ1) is 14.0. The molecule has 0 aliphatic carbocycles. The number of hydrogen-bond acceptors (Lipinski definition) is 6. The largest absolute Gasteiger partial charge is 0.419 e. The van der Waals surface area contributed by atoms with Gasteiger partial charge in [0.2, 0.25) is 11.8 Å². The Bertz CT molecular complexity index is 796. The van der Waals surface area contributed by atoms with Crippen LogP contribution in [0.3, 0.4) is 0 Å². The smallest absolute Gasteiger partial charge is 0.247 e. The van der Waals surface area contributed by atoms with Crippen LogP contribution in [0.25, 0.3) is 11.5 Å². The van der Waals surface area contributed by atoms with E-state index in [1.807, 2.05) is 24.3 Å². The molecule has 2 fully saturated rings. The van der Waals surface area contributed by atoms with E-state index < -0.39 is 0 Å². The van der Waals surface area contributed by atoms with Crippen LogP contribution in [0.1, 0.15) is 45.5 Å². The lowest BCUT2D eigenvalue weighted by molar-refractivity contribution is -0.0735. The molecule has 7 heteroatoms. The van der Waals surface area contributed by atoms with Crippen molar-refractivity contribution in [2.24, 2.45) is 5.92 Å². The summed E-state index contributed by atoms with van der Waals surface area (Å²) in [7, 11) is 0. The molecule has 29 heavy (non-hydrogen) atoms. The van der Waals surface area contributed by atoms with Gasteiger partial charge in [0.1, 0.15) is 0 Å². The molecule has 2 saturated heterocycles. The number of hydrogen-bond donors (Lipinski definition) is 0. The molecule has 0 amide bonds. The summed E-state index contributed by atoms with van der Waals surface area (Å²) in [6, 6.07) is 7.65. The zero-order chi connectivity index (χ0) is 20.4. The number of rotatable bonds is 5. The first-order valence-electron chi connectivity index (χ1n) is 10.7. The Morgan fingerprint density at radius 3 is 2.55 bits per heavy atom. The van der Waals surface area contributed by atoms with Crippen LogP contribution in [0.4, 0.5) is 0 Å². The molecular formula is C22H31ClN4O2. The number of ether oxygens (including phenoxy) is 1. The van der Waals surface area contributed by atoms with Crippen LogP contribution in [-0.4, -0.2) is 64.9 Å². The van der Waals surface area contributed by atoms with Crippen molar-refractivity contribution in [2.45, 2.75) is 51.9 Å². The van der Waals surface area contributed by atoms with Crippen molar-refractivity contribution < 1.29 is 9.15 Å². The van der Waals surface area contributed by atoms with Crippen LogP contribution in [0.15, 0.2) is 28.7 Å². The average molecular weight is 419 g/mol. The quantitative estimate of drug-likeness (QED) is 0.722. The van der Waals surface area contributed by atoms with Crippen LogP contribution in [0, 0.1) is 5.92 Å². The third-order valence-corrected chi connectivity index (χ3v) is 6.31. The van der Waals surface area contributed by atoms with Gasteiger partial charge >= 0.3 is 0 Å². The summed E-state index contributed by atoms with van der Waals surface area (Å²) in [4.78, 5) is 5.04. The number of likely N-dealkylation sites (tertiary alicyclic amines) is 1. The molecule has 0 bridgehead atoms. The Labute approximate surface area is 178 Å². The summed E-state index contributed by atoms with van der Waals surface area (Å²) in [6.45, 7) is 11.9. The fraction of sp³-hybridized carbons (Fsp3) is 0.636.